The second kappa shape index (κ2) is 8.23. The van der Waals surface area contributed by atoms with Gasteiger partial charge in [0.15, 0.2) is 5.78 Å². The zero-order chi connectivity index (χ0) is 22.0. The van der Waals surface area contributed by atoms with Gasteiger partial charge < -0.3 is 4.90 Å². The monoisotopic (exact) mass is 413 g/mol. The number of para-hydroxylation sites is 1. The van der Waals surface area contributed by atoms with E-state index in [2.05, 4.69) is 0 Å². The highest BCUT2D eigenvalue weighted by atomic mass is 16.6. The van der Waals surface area contributed by atoms with Crippen LogP contribution in [0.25, 0.3) is 6.08 Å². The van der Waals surface area contributed by atoms with Crippen molar-refractivity contribution in [3.05, 3.63) is 106 Å². The molecule has 0 aromatic heterocycles. The molecule has 1 amide bonds. The molecule has 7 heteroatoms. The van der Waals surface area contributed by atoms with Gasteiger partial charge >= 0.3 is 0 Å². The zero-order valence-electron chi connectivity index (χ0n) is 16.8. The lowest BCUT2D eigenvalue weighted by atomic mass is 10.1. The molecular weight excluding hydrogens is 394 g/mol. The first-order valence-electron chi connectivity index (χ1n) is 9.63. The number of rotatable bonds is 5. The number of carbonyl (C=O) groups is 2. The first kappa shape index (κ1) is 20.0. The number of hydrogen-bond donors (Lipinski definition) is 0. The molecule has 0 bridgehead atoms. The Balaban J connectivity index is 1.48. The van der Waals surface area contributed by atoms with E-state index in [1.807, 2.05) is 30.1 Å². The van der Waals surface area contributed by atoms with Crippen molar-refractivity contribution < 1.29 is 14.5 Å². The fourth-order valence-corrected chi connectivity index (χ4v) is 3.47. The van der Waals surface area contributed by atoms with Gasteiger partial charge in [-0.05, 0) is 60.2 Å². The minimum atomic E-state index is -0.469. The van der Waals surface area contributed by atoms with Crippen LogP contribution in [-0.4, -0.2) is 30.3 Å². The molecule has 4 rings (SSSR count). The highest BCUT2D eigenvalue weighted by molar-refractivity contribution is 6.12. The predicted molar refractivity (Wildman–Crippen MR) is 119 cm³/mol. The molecule has 0 fully saturated rings. The Labute approximate surface area is 179 Å². The van der Waals surface area contributed by atoms with E-state index in [1.54, 1.807) is 53.4 Å². The number of nitro groups is 1. The van der Waals surface area contributed by atoms with Crippen LogP contribution in [0.5, 0.6) is 0 Å². The van der Waals surface area contributed by atoms with E-state index in [-0.39, 0.29) is 17.4 Å². The van der Waals surface area contributed by atoms with Crippen molar-refractivity contribution in [3.63, 3.8) is 0 Å². The summed E-state index contributed by atoms with van der Waals surface area (Å²) in [5, 5.41) is 10.7. The summed E-state index contributed by atoms with van der Waals surface area (Å²) in [6, 6.07) is 20.3. The summed E-state index contributed by atoms with van der Waals surface area (Å²) >= 11 is 0. The third-order valence-electron chi connectivity index (χ3n) is 5.14. The Hall–Kier alpha value is -4.26. The number of hydrogen-bond acceptors (Lipinski definition) is 5. The van der Waals surface area contributed by atoms with Gasteiger partial charge in [0.05, 0.1) is 22.8 Å². The quantitative estimate of drug-likeness (QED) is 0.265. The number of allylic oxidation sites excluding steroid dienone is 1. The van der Waals surface area contributed by atoms with Crippen molar-refractivity contribution in [1.29, 1.82) is 0 Å². The molecule has 0 spiro atoms. The maximum absolute atomic E-state index is 12.9. The average molecular weight is 413 g/mol. The Morgan fingerprint density at radius 3 is 2.35 bits per heavy atom. The molecular formula is C24H19N3O4. The molecule has 0 N–H and O–H groups in total. The Kier molecular flexibility index (Phi) is 5.32. The molecule has 0 aliphatic carbocycles. The molecule has 0 saturated heterocycles. The molecule has 0 atom stereocenters. The number of amides is 1. The summed E-state index contributed by atoms with van der Waals surface area (Å²) in [4.78, 5) is 39.3. The Bertz CT molecular complexity index is 1180. The van der Waals surface area contributed by atoms with Gasteiger partial charge in [0, 0.05) is 30.4 Å². The number of ketones is 1. The van der Waals surface area contributed by atoms with Gasteiger partial charge in [-0.3, -0.25) is 24.6 Å². The van der Waals surface area contributed by atoms with Crippen LogP contribution in [0.3, 0.4) is 0 Å². The van der Waals surface area contributed by atoms with Crippen molar-refractivity contribution in [1.82, 2.24) is 0 Å². The lowest BCUT2D eigenvalue weighted by molar-refractivity contribution is -0.384. The lowest BCUT2D eigenvalue weighted by Gasteiger charge is -2.35. The summed E-state index contributed by atoms with van der Waals surface area (Å²) in [6.07, 6.45) is 3.03. The zero-order valence-corrected chi connectivity index (χ0v) is 16.8. The van der Waals surface area contributed by atoms with Crippen LogP contribution in [0.4, 0.5) is 17.1 Å². The van der Waals surface area contributed by atoms with Gasteiger partial charge in [0.1, 0.15) is 0 Å². The summed E-state index contributed by atoms with van der Waals surface area (Å²) in [7, 11) is 1.93. The van der Waals surface area contributed by atoms with Crippen LogP contribution in [0.2, 0.25) is 0 Å². The molecule has 0 saturated carbocycles. The van der Waals surface area contributed by atoms with E-state index < -0.39 is 4.92 Å². The minimum absolute atomic E-state index is 0.000376. The van der Waals surface area contributed by atoms with E-state index in [1.165, 1.54) is 18.2 Å². The summed E-state index contributed by atoms with van der Waals surface area (Å²) in [5.41, 5.74) is 3.42. The summed E-state index contributed by atoms with van der Waals surface area (Å²) < 4.78 is 0. The van der Waals surface area contributed by atoms with Crippen LogP contribution in [0.15, 0.2) is 78.9 Å². The first-order chi connectivity index (χ1) is 14.9. The molecule has 7 nitrogen and oxygen atoms in total. The van der Waals surface area contributed by atoms with Crippen molar-refractivity contribution >= 4 is 34.8 Å². The summed E-state index contributed by atoms with van der Waals surface area (Å²) in [5.74, 6) is -0.275. The maximum Gasteiger partial charge on any atom is 0.269 e. The van der Waals surface area contributed by atoms with Gasteiger partial charge in [-0.25, -0.2) is 0 Å². The SMILES string of the molecule is CN1CN(c2ccc(C(=O)/C=C/c3ccc([N+](=O)[O-])cc3)cc2)C(=O)c2ccccc21. The molecule has 0 unspecified atom stereocenters. The van der Waals surface area contributed by atoms with Crippen molar-refractivity contribution in [3.8, 4) is 0 Å². The smallest absolute Gasteiger partial charge is 0.269 e. The Morgan fingerprint density at radius 2 is 1.68 bits per heavy atom. The average Bonchev–Trinajstić information content (AvgIpc) is 2.80. The first-order valence-corrected chi connectivity index (χ1v) is 9.63. The molecule has 154 valence electrons. The van der Waals surface area contributed by atoms with Crippen molar-refractivity contribution in [2.24, 2.45) is 0 Å². The fourth-order valence-electron chi connectivity index (χ4n) is 3.47. The third kappa shape index (κ3) is 4.06. The molecule has 0 radical (unpaired) electrons. The van der Waals surface area contributed by atoms with E-state index in [4.69, 9.17) is 0 Å². The normalized spacial score (nSPS) is 13.4. The molecule has 1 heterocycles. The van der Waals surface area contributed by atoms with Crippen LogP contribution in [0.1, 0.15) is 26.3 Å². The number of nitrogens with zero attached hydrogens (tertiary/aromatic N) is 3. The van der Waals surface area contributed by atoms with Crippen LogP contribution in [-0.2, 0) is 0 Å². The maximum atomic E-state index is 12.9. The number of carbonyl (C=O) groups excluding carboxylic acids is 2. The number of benzene rings is 3. The van der Waals surface area contributed by atoms with E-state index in [0.717, 1.165) is 5.69 Å². The second-order valence-electron chi connectivity index (χ2n) is 7.18. The van der Waals surface area contributed by atoms with Crippen LogP contribution < -0.4 is 9.80 Å². The number of non-ortho nitro benzene ring substituents is 1. The highest BCUT2D eigenvalue weighted by Crippen LogP contribution is 2.29. The molecule has 1 aliphatic rings. The van der Waals surface area contributed by atoms with E-state index >= 15 is 0 Å². The topological polar surface area (TPSA) is 83.8 Å². The van der Waals surface area contributed by atoms with E-state index in [0.29, 0.717) is 29.0 Å². The van der Waals surface area contributed by atoms with Gasteiger partial charge in [0.25, 0.3) is 11.6 Å². The van der Waals surface area contributed by atoms with E-state index in [9.17, 15) is 19.7 Å². The fraction of sp³-hybridized carbons (Fsp3) is 0.0833. The van der Waals surface area contributed by atoms with Gasteiger partial charge in [-0.1, -0.05) is 18.2 Å². The van der Waals surface area contributed by atoms with Crippen LogP contribution in [0, 0.1) is 10.1 Å². The van der Waals surface area contributed by atoms with Crippen LogP contribution >= 0.6 is 0 Å². The van der Waals surface area contributed by atoms with Crippen molar-refractivity contribution in [2.45, 2.75) is 0 Å². The predicted octanol–water partition coefficient (Wildman–Crippen LogP) is 4.55. The molecule has 31 heavy (non-hydrogen) atoms. The Morgan fingerprint density at radius 1 is 1.00 bits per heavy atom. The molecule has 1 aliphatic heterocycles. The highest BCUT2D eigenvalue weighted by Gasteiger charge is 2.28. The second-order valence-corrected chi connectivity index (χ2v) is 7.18. The lowest BCUT2D eigenvalue weighted by Crippen LogP contribution is -2.45. The summed E-state index contributed by atoms with van der Waals surface area (Å²) in [6.45, 7) is 0.420. The standard InChI is InChI=1S/C24H19N3O4/c1-25-16-26(24(29)21-4-2-3-5-22(21)25)19-13-9-18(10-14-19)23(28)15-8-17-6-11-20(12-7-17)27(30)31/h2-15H,16H2,1H3/b15-8+. The number of fused-ring (bicyclic) bond motifs is 1. The number of nitro benzene ring substituents is 1. The van der Waals surface area contributed by atoms with Crippen molar-refractivity contribution in [2.75, 3.05) is 23.5 Å². The number of anilines is 2. The third-order valence-corrected chi connectivity index (χ3v) is 5.14. The van der Waals surface area contributed by atoms with Gasteiger partial charge in [-0.15, -0.1) is 0 Å². The van der Waals surface area contributed by atoms with Gasteiger partial charge in [-0.2, -0.15) is 0 Å². The largest absolute Gasteiger partial charge is 0.356 e. The minimum Gasteiger partial charge on any atom is -0.356 e. The molecule has 3 aromatic rings. The van der Waals surface area contributed by atoms with Gasteiger partial charge in [0.2, 0.25) is 0 Å². The molecule has 3 aromatic carbocycles.